The fourth-order valence-corrected chi connectivity index (χ4v) is 6.58. The summed E-state index contributed by atoms with van der Waals surface area (Å²) < 4.78 is 60.3. The molecule has 2 aromatic rings. The molecule has 10 heteroatoms. The Morgan fingerprint density at radius 2 is 1.60 bits per heavy atom. The first-order valence-electron chi connectivity index (χ1n) is 11.8. The number of sulfonamides is 1. The van der Waals surface area contributed by atoms with E-state index in [9.17, 15) is 21.6 Å². The highest BCUT2D eigenvalue weighted by Gasteiger charge is 2.39. The number of hydrogen-bond acceptors (Lipinski definition) is 4. The predicted molar refractivity (Wildman–Crippen MR) is 129 cm³/mol. The number of carboxylic acids is 1. The Morgan fingerprint density at radius 1 is 1.00 bits per heavy atom. The van der Waals surface area contributed by atoms with Crippen LogP contribution >= 0.6 is 0 Å². The fourth-order valence-electron chi connectivity index (χ4n) is 4.56. The smallest absolute Gasteiger partial charge is 0.475 e. The van der Waals surface area contributed by atoms with Gasteiger partial charge in [0.1, 0.15) is 0 Å². The number of anilines is 2. The van der Waals surface area contributed by atoms with Crippen LogP contribution < -0.4 is 9.62 Å². The molecule has 1 heterocycles. The lowest BCUT2D eigenvalue weighted by Gasteiger charge is -2.35. The second kappa shape index (κ2) is 11.9. The van der Waals surface area contributed by atoms with Crippen molar-refractivity contribution in [3.8, 4) is 0 Å². The molecule has 1 aliphatic carbocycles. The largest absolute Gasteiger partial charge is 0.490 e. The van der Waals surface area contributed by atoms with Gasteiger partial charge < -0.3 is 10.4 Å². The Balaban J connectivity index is 0.000000429. The molecule has 0 spiro atoms. The van der Waals surface area contributed by atoms with Crippen molar-refractivity contribution in [1.29, 1.82) is 0 Å². The lowest BCUT2D eigenvalue weighted by molar-refractivity contribution is -0.192. The molecule has 0 radical (unpaired) electrons. The maximum absolute atomic E-state index is 13.5. The summed E-state index contributed by atoms with van der Waals surface area (Å²) in [4.78, 5) is 8.90. The van der Waals surface area contributed by atoms with Crippen LogP contribution in [0.2, 0.25) is 0 Å². The SMILES string of the molecule is O=C(O)C(F)(F)F.O=S1(=O)C(CCCNC2CCCCC2)Cc2ccccc2N1c1ccccc1. The van der Waals surface area contributed by atoms with Gasteiger partial charge in [-0.2, -0.15) is 13.2 Å². The molecule has 2 aliphatic rings. The molecule has 1 fully saturated rings. The van der Waals surface area contributed by atoms with Crippen LogP contribution in [0.1, 0.15) is 50.5 Å². The van der Waals surface area contributed by atoms with Crippen molar-refractivity contribution in [3.63, 3.8) is 0 Å². The fraction of sp³-hybridized carbons (Fsp3) is 0.480. The molecule has 192 valence electrons. The molecule has 6 nitrogen and oxygen atoms in total. The van der Waals surface area contributed by atoms with Crippen molar-refractivity contribution < 1.29 is 31.5 Å². The first kappa shape index (κ1) is 27.0. The van der Waals surface area contributed by atoms with Crippen molar-refractivity contribution in [2.45, 2.75) is 68.8 Å². The number of fused-ring (bicyclic) bond motifs is 1. The molecular weight excluding hydrogens is 481 g/mol. The third-order valence-corrected chi connectivity index (χ3v) is 8.47. The minimum atomic E-state index is -5.08. The molecule has 4 rings (SSSR count). The second-order valence-corrected chi connectivity index (χ2v) is 10.9. The van der Waals surface area contributed by atoms with Crippen molar-refractivity contribution in [1.82, 2.24) is 5.32 Å². The standard InChI is InChI=1S/C23H30N2O2S.C2HF3O2/c26-28(27)22(15-9-17-24-20-11-3-1-4-12-20)18-19-10-7-8-16-23(19)25(28)21-13-5-2-6-14-21;3-2(4,5)1(6)7/h2,5-8,10,13-14,16,20,22,24H,1,3-4,9,11-12,15,17-18H2;(H,6,7). The van der Waals surface area contributed by atoms with E-state index < -0.39 is 22.2 Å². The average molecular weight is 513 g/mol. The van der Waals surface area contributed by atoms with E-state index >= 15 is 0 Å². The first-order chi connectivity index (χ1) is 16.6. The van der Waals surface area contributed by atoms with Crippen LogP contribution in [0.4, 0.5) is 24.5 Å². The molecule has 0 saturated heterocycles. The zero-order chi connectivity index (χ0) is 25.5. The Kier molecular flexibility index (Phi) is 9.18. The van der Waals surface area contributed by atoms with Crippen LogP contribution in [-0.4, -0.2) is 43.5 Å². The summed E-state index contributed by atoms with van der Waals surface area (Å²) in [5, 5.41) is 10.4. The molecule has 1 aliphatic heterocycles. The number of hydrogen-bond donors (Lipinski definition) is 2. The highest BCUT2D eigenvalue weighted by atomic mass is 32.2. The Morgan fingerprint density at radius 3 is 2.23 bits per heavy atom. The molecular formula is C25H31F3N2O4S. The van der Waals surface area contributed by atoms with Crippen LogP contribution in [0.15, 0.2) is 54.6 Å². The van der Waals surface area contributed by atoms with E-state index in [2.05, 4.69) is 11.4 Å². The number of alkyl halides is 3. The van der Waals surface area contributed by atoms with Crippen molar-refractivity contribution in [2.75, 3.05) is 10.8 Å². The van der Waals surface area contributed by atoms with Gasteiger partial charge in [-0.1, -0.05) is 55.7 Å². The van der Waals surface area contributed by atoms with Gasteiger partial charge in [0.15, 0.2) is 0 Å². The monoisotopic (exact) mass is 512 g/mol. The normalized spacial score (nSPS) is 19.9. The van der Waals surface area contributed by atoms with Gasteiger partial charge in [-0.25, -0.2) is 17.5 Å². The topological polar surface area (TPSA) is 86.7 Å². The number of aliphatic carboxylic acids is 1. The highest BCUT2D eigenvalue weighted by Crippen LogP contribution is 2.39. The molecule has 1 saturated carbocycles. The second-order valence-electron chi connectivity index (χ2n) is 8.83. The number of nitrogens with one attached hydrogen (secondary N) is 1. The van der Waals surface area contributed by atoms with E-state index in [4.69, 9.17) is 9.90 Å². The number of carboxylic acid groups (broad SMARTS) is 1. The lowest BCUT2D eigenvalue weighted by atomic mass is 9.95. The van der Waals surface area contributed by atoms with E-state index in [-0.39, 0.29) is 5.25 Å². The minimum Gasteiger partial charge on any atom is -0.475 e. The molecule has 0 aromatic heterocycles. The number of nitrogens with zero attached hydrogens (tertiary/aromatic N) is 1. The van der Waals surface area contributed by atoms with Crippen molar-refractivity contribution in [3.05, 3.63) is 60.2 Å². The summed E-state index contributed by atoms with van der Waals surface area (Å²) in [7, 11) is -3.43. The highest BCUT2D eigenvalue weighted by molar-refractivity contribution is 7.93. The molecule has 0 amide bonds. The predicted octanol–water partition coefficient (Wildman–Crippen LogP) is 5.42. The number of rotatable bonds is 6. The first-order valence-corrected chi connectivity index (χ1v) is 13.3. The van der Waals surface area contributed by atoms with E-state index in [1.165, 1.54) is 32.1 Å². The van der Waals surface area contributed by atoms with Crippen LogP contribution in [0.5, 0.6) is 0 Å². The van der Waals surface area contributed by atoms with Gasteiger partial charge in [-0.15, -0.1) is 0 Å². The Bertz CT molecular complexity index is 1070. The summed E-state index contributed by atoms with van der Waals surface area (Å²) >= 11 is 0. The van der Waals surface area contributed by atoms with E-state index in [0.717, 1.165) is 29.9 Å². The zero-order valence-corrected chi connectivity index (χ0v) is 20.2. The maximum Gasteiger partial charge on any atom is 0.490 e. The number of benzene rings is 2. The van der Waals surface area contributed by atoms with Gasteiger partial charge in [-0.05, 0) is 62.4 Å². The van der Waals surface area contributed by atoms with Crippen LogP contribution in [0.3, 0.4) is 0 Å². The molecule has 2 aromatic carbocycles. The third kappa shape index (κ3) is 7.20. The van der Waals surface area contributed by atoms with Crippen LogP contribution in [0, 0.1) is 0 Å². The summed E-state index contributed by atoms with van der Waals surface area (Å²) in [5.74, 6) is -2.76. The lowest BCUT2D eigenvalue weighted by Crippen LogP contribution is -2.42. The number of para-hydroxylation sites is 2. The molecule has 0 bridgehead atoms. The molecule has 2 N–H and O–H groups in total. The van der Waals surface area contributed by atoms with Gasteiger partial charge in [0.2, 0.25) is 10.0 Å². The summed E-state index contributed by atoms with van der Waals surface area (Å²) in [6.45, 7) is 0.906. The Hall–Kier alpha value is -2.59. The van der Waals surface area contributed by atoms with E-state index in [1.54, 1.807) is 4.31 Å². The third-order valence-electron chi connectivity index (χ3n) is 6.31. The van der Waals surface area contributed by atoms with E-state index in [1.807, 2.05) is 48.5 Å². The van der Waals surface area contributed by atoms with Crippen molar-refractivity contribution >= 4 is 27.4 Å². The summed E-state index contributed by atoms with van der Waals surface area (Å²) in [6.07, 6.45) is 3.62. The molecule has 1 atom stereocenters. The van der Waals surface area contributed by atoms with Crippen LogP contribution in [0.25, 0.3) is 0 Å². The molecule has 35 heavy (non-hydrogen) atoms. The van der Waals surface area contributed by atoms with Gasteiger partial charge in [0.25, 0.3) is 0 Å². The van der Waals surface area contributed by atoms with Gasteiger partial charge >= 0.3 is 12.1 Å². The van der Waals surface area contributed by atoms with E-state index in [0.29, 0.717) is 18.9 Å². The summed E-state index contributed by atoms with van der Waals surface area (Å²) in [6, 6.07) is 18.0. The van der Waals surface area contributed by atoms with Gasteiger partial charge in [0, 0.05) is 6.04 Å². The average Bonchev–Trinajstić information content (AvgIpc) is 2.83. The quantitative estimate of drug-likeness (QED) is 0.505. The van der Waals surface area contributed by atoms with Crippen molar-refractivity contribution in [2.24, 2.45) is 0 Å². The van der Waals surface area contributed by atoms with Crippen LogP contribution in [-0.2, 0) is 21.2 Å². The minimum absolute atomic E-state index is 0.365. The number of carbonyl (C=O) groups is 1. The maximum atomic E-state index is 13.5. The summed E-state index contributed by atoms with van der Waals surface area (Å²) in [5.41, 5.74) is 2.64. The van der Waals surface area contributed by atoms with Gasteiger partial charge in [-0.3, -0.25) is 0 Å². The zero-order valence-electron chi connectivity index (χ0n) is 19.4. The molecule has 1 unspecified atom stereocenters. The van der Waals surface area contributed by atoms with Gasteiger partial charge in [0.05, 0.1) is 16.6 Å². The number of halogens is 3. The Labute approximate surface area is 204 Å².